The summed E-state index contributed by atoms with van der Waals surface area (Å²) in [5.74, 6) is -0.0860. The van der Waals surface area contributed by atoms with Gasteiger partial charge in [-0.1, -0.05) is 6.07 Å². The summed E-state index contributed by atoms with van der Waals surface area (Å²) in [7, 11) is 0. The third-order valence-corrected chi connectivity index (χ3v) is 7.93. The van der Waals surface area contributed by atoms with E-state index in [1.54, 1.807) is 22.3 Å². The molecule has 1 fully saturated rings. The molecule has 3 heterocycles. The zero-order valence-corrected chi connectivity index (χ0v) is 19.2. The van der Waals surface area contributed by atoms with Crippen LogP contribution in [0.1, 0.15) is 40.1 Å². The maximum Gasteiger partial charge on any atom is 0.410 e. The minimum atomic E-state index is -0.360. The maximum absolute atomic E-state index is 12.4. The standard InChI is InChI=1S/C23H25N3O4S2/c24-12-19-18-7-5-15(14-30-23(29)26-9-1-3-16(26)13-27)11-20(18)32-22(19)25-21(28)8-6-17-4-2-10-31-17/h2,4,6,8,10,15-16,27H,1,3,5,7,9,11,13-14H2,(H,25,28)/b8-6+. The van der Waals surface area contributed by atoms with Crippen LogP contribution in [0, 0.1) is 17.2 Å². The van der Waals surface area contributed by atoms with Crippen molar-refractivity contribution in [1.82, 2.24) is 4.90 Å². The van der Waals surface area contributed by atoms with Gasteiger partial charge in [0, 0.05) is 22.4 Å². The van der Waals surface area contributed by atoms with E-state index < -0.39 is 0 Å². The van der Waals surface area contributed by atoms with Gasteiger partial charge < -0.3 is 20.1 Å². The normalized spacial score (nSPS) is 20.2. The highest BCUT2D eigenvalue weighted by Gasteiger charge is 2.31. The molecule has 2 amide bonds. The number of thiophene rings is 2. The fourth-order valence-corrected chi connectivity index (χ4v) is 6.17. The zero-order valence-electron chi connectivity index (χ0n) is 17.6. The van der Waals surface area contributed by atoms with E-state index in [1.807, 2.05) is 17.5 Å². The average molecular weight is 472 g/mol. The van der Waals surface area contributed by atoms with Crippen molar-refractivity contribution in [3.8, 4) is 6.07 Å². The number of nitriles is 1. The molecule has 2 atom stereocenters. The Morgan fingerprint density at radius 1 is 1.41 bits per heavy atom. The van der Waals surface area contributed by atoms with Gasteiger partial charge in [-0.2, -0.15) is 5.26 Å². The molecular weight excluding hydrogens is 446 g/mol. The quantitative estimate of drug-likeness (QED) is 0.619. The van der Waals surface area contributed by atoms with E-state index in [1.165, 1.54) is 17.4 Å². The average Bonchev–Trinajstić information content (AvgIpc) is 3.55. The minimum absolute atomic E-state index is 0.0367. The van der Waals surface area contributed by atoms with Gasteiger partial charge in [0.15, 0.2) is 0 Å². The van der Waals surface area contributed by atoms with Crippen LogP contribution in [0.25, 0.3) is 6.08 Å². The van der Waals surface area contributed by atoms with Crippen LogP contribution in [0.4, 0.5) is 9.80 Å². The number of fused-ring (bicyclic) bond motifs is 1. The van der Waals surface area contributed by atoms with Crippen LogP contribution in [0.3, 0.4) is 0 Å². The predicted molar refractivity (Wildman–Crippen MR) is 125 cm³/mol. The molecule has 2 unspecified atom stereocenters. The maximum atomic E-state index is 12.4. The number of carbonyl (C=O) groups excluding carboxylic acids is 2. The second-order valence-electron chi connectivity index (χ2n) is 8.02. The van der Waals surface area contributed by atoms with Gasteiger partial charge in [-0.15, -0.1) is 22.7 Å². The van der Waals surface area contributed by atoms with Crippen LogP contribution in [0.15, 0.2) is 23.6 Å². The van der Waals surface area contributed by atoms with Crippen molar-refractivity contribution in [1.29, 1.82) is 5.26 Å². The Balaban J connectivity index is 1.36. The van der Waals surface area contributed by atoms with Crippen molar-refractivity contribution in [2.45, 2.75) is 38.1 Å². The van der Waals surface area contributed by atoms with E-state index in [-0.39, 0.29) is 30.6 Å². The molecule has 0 aromatic carbocycles. The number of aliphatic hydroxyl groups is 1. The Hall–Kier alpha value is -2.67. The van der Waals surface area contributed by atoms with Gasteiger partial charge in [-0.05, 0) is 61.1 Å². The van der Waals surface area contributed by atoms with Crippen molar-refractivity contribution in [2.75, 3.05) is 25.1 Å². The number of hydrogen-bond donors (Lipinski definition) is 2. The van der Waals surface area contributed by atoms with Crippen LogP contribution >= 0.6 is 22.7 Å². The largest absolute Gasteiger partial charge is 0.449 e. The molecule has 4 rings (SSSR count). The number of nitrogens with zero attached hydrogens (tertiary/aromatic N) is 2. The number of nitrogens with one attached hydrogen (secondary N) is 1. The van der Waals surface area contributed by atoms with Crippen molar-refractivity contribution in [3.63, 3.8) is 0 Å². The van der Waals surface area contributed by atoms with Gasteiger partial charge in [0.05, 0.1) is 24.8 Å². The molecular formula is C23H25N3O4S2. The summed E-state index contributed by atoms with van der Waals surface area (Å²) in [6, 6.07) is 5.96. The van der Waals surface area contributed by atoms with Gasteiger partial charge in [0.2, 0.25) is 5.91 Å². The van der Waals surface area contributed by atoms with Crippen LogP contribution in [0.2, 0.25) is 0 Å². The molecule has 0 spiro atoms. The molecule has 1 aliphatic heterocycles. The monoisotopic (exact) mass is 471 g/mol. The van der Waals surface area contributed by atoms with Crippen molar-refractivity contribution in [3.05, 3.63) is 44.5 Å². The van der Waals surface area contributed by atoms with E-state index in [9.17, 15) is 20.0 Å². The highest BCUT2D eigenvalue weighted by atomic mass is 32.1. The molecule has 1 aliphatic carbocycles. The lowest BCUT2D eigenvalue weighted by atomic mass is 9.88. The number of rotatable bonds is 6. The Bertz CT molecular complexity index is 1040. The fourth-order valence-electron chi connectivity index (χ4n) is 4.24. The molecule has 2 N–H and O–H groups in total. The first-order chi connectivity index (χ1) is 15.6. The second kappa shape index (κ2) is 10.3. The first-order valence-corrected chi connectivity index (χ1v) is 12.4. The summed E-state index contributed by atoms with van der Waals surface area (Å²) in [6.07, 6.45) is 6.82. The van der Waals surface area contributed by atoms with Crippen LogP contribution in [0.5, 0.6) is 0 Å². The number of hydrogen-bond acceptors (Lipinski definition) is 7. The third-order valence-electron chi connectivity index (χ3n) is 5.92. The highest BCUT2D eigenvalue weighted by molar-refractivity contribution is 7.16. The van der Waals surface area contributed by atoms with Crippen LogP contribution < -0.4 is 5.32 Å². The van der Waals surface area contributed by atoms with E-state index in [0.29, 0.717) is 30.1 Å². The van der Waals surface area contributed by atoms with Gasteiger partial charge in [0.25, 0.3) is 0 Å². The number of amides is 2. The number of aliphatic hydroxyl groups excluding tert-OH is 1. The third kappa shape index (κ3) is 5.04. The Morgan fingerprint density at radius 3 is 3.03 bits per heavy atom. The Kier molecular flexibility index (Phi) is 7.25. The number of carbonyl (C=O) groups is 2. The first-order valence-electron chi connectivity index (χ1n) is 10.7. The van der Waals surface area contributed by atoms with Crippen LogP contribution in [-0.4, -0.2) is 47.8 Å². The van der Waals surface area contributed by atoms with Gasteiger partial charge in [-0.3, -0.25) is 4.79 Å². The second-order valence-corrected chi connectivity index (χ2v) is 10.1. The molecule has 168 valence electrons. The molecule has 2 aliphatic rings. The number of likely N-dealkylation sites (tertiary alicyclic amines) is 1. The summed E-state index contributed by atoms with van der Waals surface area (Å²) in [4.78, 5) is 28.4. The van der Waals surface area contributed by atoms with E-state index in [2.05, 4.69) is 11.4 Å². The summed E-state index contributed by atoms with van der Waals surface area (Å²) in [6.45, 7) is 0.905. The summed E-state index contributed by atoms with van der Waals surface area (Å²) in [5, 5.41) is 24.4. The highest BCUT2D eigenvalue weighted by Crippen LogP contribution is 2.39. The minimum Gasteiger partial charge on any atom is -0.449 e. The number of anilines is 1. The van der Waals surface area contributed by atoms with Crippen molar-refractivity contribution in [2.24, 2.45) is 5.92 Å². The molecule has 0 bridgehead atoms. The first kappa shape index (κ1) is 22.5. The molecule has 0 saturated carbocycles. The summed E-state index contributed by atoms with van der Waals surface area (Å²) >= 11 is 2.99. The molecule has 7 nitrogen and oxygen atoms in total. The van der Waals surface area contributed by atoms with Gasteiger partial charge >= 0.3 is 6.09 Å². The Labute approximate surface area is 194 Å². The molecule has 0 radical (unpaired) electrons. The van der Waals surface area contributed by atoms with Gasteiger partial charge in [-0.25, -0.2) is 4.79 Å². The SMILES string of the molecule is N#Cc1c(NC(=O)/C=C/c2cccs2)sc2c1CCC(COC(=O)N1CCCC1CO)C2. The molecule has 9 heteroatoms. The van der Waals surface area contributed by atoms with E-state index >= 15 is 0 Å². The molecule has 2 aromatic heterocycles. The lowest BCUT2D eigenvalue weighted by Crippen LogP contribution is -2.38. The molecule has 2 aromatic rings. The van der Waals surface area contributed by atoms with E-state index in [0.717, 1.165) is 41.0 Å². The Morgan fingerprint density at radius 2 is 2.28 bits per heavy atom. The smallest absolute Gasteiger partial charge is 0.410 e. The predicted octanol–water partition coefficient (Wildman–Crippen LogP) is 4.03. The van der Waals surface area contributed by atoms with Crippen molar-refractivity contribution >= 4 is 45.8 Å². The number of ether oxygens (including phenoxy) is 1. The lowest BCUT2D eigenvalue weighted by Gasteiger charge is -2.25. The van der Waals surface area contributed by atoms with Crippen molar-refractivity contribution < 1.29 is 19.4 Å². The fraction of sp³-hybridized carbons (Fsp3) is 0.435. The van der Waals surface area contributed by atoms with Gasteiger partial charge in [0.1, 0.15) is 11.1 Å². The molecule has 32 heavy (non-hydrogen) atoms. The zero-order chi connectivity index (χ0) is 22.5. The summed E-state index contributed by atoms with van der Waals surface area (Å²) < 4.78 is 5.55. The molecule has 1 saturated heterocycles. The van der Waals surface area contributed by atoms with Crippen LogP contribution in [-0.2, 0) is 22.4 Å². The van der Waals surface area contributed by atoms with E-state index in [4.69, 9.17) is 4.74 Å². The summed E-state index contributed by atoms with van der Waals surface area (Å²) in [5.41, 5.74) is 1.54. The topological polar surface area (TPSA) is 103 Å². The lowest BCUT2D eigenvalue weighted by molar-refractivity contribution is -0.111.